The molecule has 2 N–H and O–H groups in total. The Labute approximate surface area is 117 Å². The molecule has 3 nitrogen and oxygen atoms in total. The van der Waals surface area contributed by atoms with Crippen molar-refractivity contribution in [2.45, 2.75) is 19.9 Å². The summed E-state index contributed by atoms with van der Waals surface area (Å²) in [5.41, 5.74) is 2.20. The van der Waals surface area contributed by atoms with Gasteiger partial charge in [0.05, 0.1) is 0 Å². The maximum atomic E-state index is 6.10. The van der Waals surface area contributed by atoms with Gasteiger partial charge in [0, 0.05) is 28.5 Å². The predicted molar refractivity (Wildman–Crippen MR) is 75.2 cm³/mol. The highest BCUT2D eigenvalue weighted by Gasteiger charge is 2.01. The van der Waals surface area contributed by atoms with E-state index in [0.717, 1.165) is 41.6 Å². The number of hydrogen-bond donors (Lipinski definition) is 2. The van der Waals surface area contributed by atoms with E-state index in [1.165, 1.54) is 0 Å². The summed E-state index contributed by atoms with van der Waals surface area (Å²) in [5.74, 6) is 0.938. The molecule has 0 aliphatic rings. The van der Waals surface area contributed by atoms with Crippen molar-refractivity contribution in [3.05, 3.63) is 51.5 Å². The monoisotopic (exact) mass is 283 g/mol. The van der Waals surface area contributed by atoms with Crippen molar-refractivity contribution in [1.29, 1.82) is 0 Å². The van der Waals surface area contributed by atoms with Gasteiger partial charge in [0.15, 0.2) is 0 Å². The third-order valence-electron chi connectivity index (χ3n) is 2.66. The SMILES string of the molecule is Cc1ncc(CNCCc2ccc(Cl)cc2Cl)[nH]1. The molecule has 0 bridgehead atoms. The van der Waals surface area contributed by atoms with E-state index in [1.54, 1.807) is 6.07 Å². The number of rotatable bonds is 5. The molecule has 18 heavy (non-hydrogen) atoms. The molecule has 1 aromatic carbocycles. The number of aryl methyl sites for hydroxylation is 1. The molecule has 0 saturated heterocycles. The zero-order valence-corrected chi connectivity index (χ0v) is 11.6. The van der Waals surface area contributed by atoms with Crippen LogP contribution < -0.4 is 5.32 Å². The quantitative estimate of drug-likeness (QED) is 0.827. The first-order valence-corrected chi connectivity index (χ1v) is 6.56. The van der Waals surface area contributed by atoms with Crippen LogP contribution in [-0.4, -0.2) is 16.5 Å². The van der Waals surface area contributed by atoms with Gasteiger partial charge < -0.3 is 10.3 Å². The summed E-state index contributed by atoms with van der Waals surface area (Å²) in [5, 5.41) is 4.74. The molecule has 1 aromatic heterocycles. The van der Waals surface area contributed by atoms with Crippen LogP contribution in [0.15, 0.2) is 24.4 Å². The fraction of sp³-hybridized carbons (Fsp3) is 0.308. The van der Waals surface area contributed by atoms with Crippen molar-refractivity contribution in [3.8, 4) is 0 Å². The number of hydrogen-bond acceptors (Lipinski definition) is 2. The average molecular weight is 284 g/mol. The first-order valence-electron chi connectivity index (χ1n) is 5.80. The minimum absolute atomic E-state index is 0.671. The van der Waals surface area contributed by atoms with Crippen LogP contribution in [0.1, 0.15) is 17.1 Å². The van der Waals surface area contributed by atoms with Crippen LogP contribution in [0.2, 0.25) is 10.0 Å². The van der Waals surface area contributed by atoms with Gasteiger partial charge in [-0.2, -0.15) is 0 Å². The smallest absolute Gasteiger partial charge is 0.103 e. The number of aromatic nitrogens is 2. The van der Waals surface area contributed by atoms with Crippen molar-refractivity contribution in [2.75, 3.05) is 6.54 Å². The van der Waals surface area contributed by atoms with Crippen molar-refractivity contribution in [1.82, 2.24) is 15.3 Å². The Hall–Kier alpha value is -1.03. The molecule has 0 aliphatic carbocycles. The van der Waals surface area contributed by atoms with E-state index < -0.39 is 0 Å². The number of nitrogens with zero attached hydrogens (tertiary/aromatic N) is 1. The van der Waals surface area contributed by atoms with Gasteiger partial charge in [-0.25, -0.2) is 4.98 Å². The Balaban J connectivity index is 1.78. The molecule has 0 atom stereocenters. The van der Waals surface area contributed by atoms with E-state index in [0.29, 0.717) is 5.02 Å². The minimum Gasteiger partial charge on any atom is -0.345 e. The third-order valence-corrected chi connectivity index (χ3v) is 3.24. The summed E-state index contributed by atoms with van der Waals surface area (Å²) >= 11 is 11.9. The van der Waals surface area contributed by atoms with E-state index in [1.807, 2.05) is 25.3 Å². The summed E-state index contributed by atoms with van der Waals surface area (Å²) in [6.45, 7) is 3.59. The molecular weight excluding hydrogens is 269 g/mol. The van der Waals surface area contributed by atoms with Gasteiger partial charge in [0.1, 0.15) is 5.82 Å². The second kappa shape index (κ2) is 6.23. The Morgan fingerprint density at radius 2 is 2.17 bits per heavy atom. The van der Waals surface area contributed by atoms with Crippen molar-refractivity contribution in [2.24, 2.45) is 0 Å². The molecule has 5 heteroatoms. The standard InChI is InChI=1S/C13H15Cl2N3/c1-9-17-8-12(18-9)7-16-5-4-10-2-3-11(14)6-13(10)15/h2-3,6,8,16H,4-5,7H2,1H3,(H,17,18). The highest BCUT2D eigenvalue weighted by atomic mass is 35.5. The topological polar surface area (TPSA) is 40.7 Å². The third kappa shape index (κ3) is 3.73. The van der Waals surface area contributed by atoms with Gasteiger partial charge in [-0.3, -0.25) is 0 Å². The molecule has 0 saturated carbocycles. The van der Waals surface area contributed by atoms with E-state index in [4.69, 9.17) is 23.2 Å². The molecule has 0 amide bonds. The second-order valence-electron chi connectivity index (χ2n) is 4.16. The van der Waals surface area contributed by atoms with Crippen molar-refractivity contribution < 1.29 is 0 Å². The maximum absolute atomic E-state index is 6.10. The van der Waals surface area contributed by atoms with Gasteiger partial charge in [0.25, 0.3) is 0 Å². The first-order chi connectivity index (χ1) is 8.65. The molecule has 0 aliphatic heterocycles. The molecule has 2 aromatic rings. The van der Waals surface area contributed by atoms with Gasteiger partial charge in [0.2, 0.25) is 0 Å². The fourth-order valence-corrected chi connectivity index (χ4v) is 2.24. The molecule has 1 heterocycles. The normalized spacial score (nSPS) is 10.8. The lowest BCUT2D eigenvalue weighted by molar-refractivity contribution is 0.676. The highest BCUT2D eigenvalue weighted by Crippen LogP contribution is 2.20. The number of nitrogens with one attached hydrogen (secondary N) is 2. The average Bonchev–Trinajstić information content (AvgIpc) is 2.73. The number of halogens is 2. The first kappa shape index (κ1) is 13.4. The Bertz CT molecular complexity index is 523. The number of aromatic amines is 1. The van der Waals surface area contributed by atoms with Crippen LogP contribution in [0.25, 0.3) is 0 Å². The van der Waals surface area contributed by atoms with E-state index >= 15 is 0 Å². The van der Waals surface area contributed by atoms with Crippen LogP contribution >= 0.6 is 23.2 Å². The second-order valence-corrected chi connectivity index (χ2v) is 5.00. The van der Waals surface area contributed by atoms with Crippen molar-refractivity contribution in [3.63, 3.8) is 0 Å². The molecule has 0 spiro atoms. The van der Waals surface area contributed by atoms with E-state index in [9.17, 15) is 0 Å². The Kier molecular flexibility index (Phi) is 4.64. The largest absolute Gasteiger partial charge is 0.345 e. The molecule has 0 fully saturated rings. The van der Waals surface area contributed by atoms with Crippen LogP contribution in [-0.2, 0) is 13.0 Å². The summed E-state index contributed by atoms with van der Waals surface area (Å²) in [6.07, 6.45) is 2.72. The minimum atomic E-state index is 0.671. The Morgan fingerprint density at radius 3 is 2.83 bits per heavy atom. The predicted octanol–water partition coefficient (Wildman–Crippen LogP) is 3.36. The van der Waals surface area contributed by atoms with Crippen LogP contribution in [0, 0.1) is 6.92 Å². The summed E-state index contributed by atoms with van der Waals surface area (Å²) < 4.78 is 0. The fourth-order valence-electron chi connectivity index (χ4n) is 1.73. The molecular formula is C13H15Cl2N3. The van der Waals surface area contributed by atoms with Gasteiger partial charge in [-0.1, -0.05) is 29.3 Å². The van der Waals surface area contributed by atoms with Crippen LogP contribution in [0.5, 0.6) is 0 Å². The van der Waals surface area contributed by atoms with Gasteiger partial charge >= 0.3 is 0 Å². The summed E-state index contributed by atoms with van der Waals surface area (Å²) in [4.78, 5) is 7.32. The van der Waals surface area contributed by atoms with Crippen molar-refractivity contribution >= 4 is 23.2 Å². The summed E-state index contributed by atoms with van der Waals surface area (Å²) in [6, 6.07) is 5.60. The highest BCUT2D eigenvalue weighted by molar-refractivity contribution is 6.35. The molecule has 2 rings (SSSR count). The van der Waals surface area contributed by atoms with Crippen LogP contribution in [0.3, 0.4) is 0 Å². The zero-order valence-electron chi connectivity index (χ0n) is 10.1. The van der Waals surface area contributed by atoms with E-state index in [-0.39, 0.29) is 0 Å². The number of H-pyrrole nitrogens is 1. The zero-order chi connectivity index (χ0) is 13.0. The Morgan fingerprint density at radius 1 is 1.33 bits per heavy atom. The number of benzene rings is 1. The molecule has 0 unspecified atom stereocenters. The van der Waals surface area contributed by atoms with Gasteiger partial charge in [-0.15, -0.1) is 0 Å². The maximum Gasteiger partial charge on any atom is 0.103 e. The number of imidazole rings is 1. The lowest BCUT2D eigenvalue weighted by Gasteiger charge is -2.06. The lowest BCUT2D eigenvalue weighted by atomic mass is 10.1. The molecule has 0 radical (unpaired) electrons. The van der Waals surface area contributed by atoms with E-state index in [2.05, 4.69) is 15.3 Å². The molecule has 96 valence electrons. The van der Waals surface area contributed by atoms with Crippen LogP contribution in [0.4, 0.5) is 0 Å². The lowest BCUT2D eigenvalue weighted by Crippen LogP contribution is -2.17. The summed E-state index contributed by atoms with van der Waals surface area (Å²) in [7, 11) is 0. The van der Waals surface area contributed by atoms with Gasteiger partial charge in [-0.05, 0) is 37.6 Å².